The van der Waals surface area contributed by atoms with Gasteiger partial charge in [-0.25, -0.2) is 28.2 Å². The van der Waals surface area contributed by atoms with Gasteiger partial charge in [0.1, 0.15) is 11.8 Å². The van der Waals surface area contributed by atoms with Gasteiger partial charge in [0.05, 0.1) is 45.3 Å². The standard InChI is InChI=1S/C31H35N9O5S/c1-19-26(46(5,44)45)12-21(15-34-19)27(42)36-16-22-13-25-20(14-35-22)6-7-23(37-25)24-8-10-33-28(38-24)40-11-9-31(18-41,30(2,3)17-40)39-29(43)32-4/h6-8,10,12-15,18H,9,11,16-17H2,1-5H3,(H,36,42)(H2,32,39,43)/t31-/m1/s1. The smallest absolute Gasteiger partial charge is 0.315 e. The number of sulfone groups is 1. The average molecular weight is 646 g/mol. The lowest BCUT2D eigenvalue weighted by molar-refractivity contribution is -0.118. The number of piperidine rings is 1. The largest absolute Gasteiger partial charge is 0.346 e. The third-order valence-corrected chi connectivity index (χ3v) is 9.50. The molecule has 1 aliphatic heterocycles. The molecule has 1 fully saturated rings. The first-order valence-corrected chi connectivity index (χ1v) is 16.4. The molecule has 0 bridgehead atoms. The van der Waals surface area contributed by atoms with Gasteiger partial charge in [0.2, 0.25) is 5.95 Å². The number of rotatable bonds is 8. The SMILES string of the molecule is CNC(=O)N[C@@]1(C=O)CCN(c2nccc(-c3ccc4cnc(CNC(=O)c5cnc(C)c(S(C)(=O)=O)c5)cc4n3)n2)CC1(C)C. The predicted molar refractivity (Wildman–Crippen MR) is 171 cm³/mol. The molecular weight excluding hydrogens is 610 g/mol. The number of anilines is 1. The number of pyridine rings is 3. The summed E-state index contributed by atoms with van der Waals surface area (Å²) in [4.78, 5) is 61.6. The molecule has 14 nitrogen and oxygen atoms in total. The first-order chi connectivity index (χ1) is 21.7. The number of nitrogens with zero attached hydrogens (tertiary/aromatic N) is 6. The fourth-order valence-corrected chi connectivity index (χ4v) is 6.42. The number of carbonyl (C=O) groups is 3. The van der Waals surface area contributed by atoms with Crippen LogP contribution in [-0.2, 0) is 21.2 Å². The molecule has 1 aliphatic rings. The Hall–Kier alpha value is -5.05. The van der Waals surface area contributed by atoms with Crippen molar-refractivity contribution in [3.63, 3.8) is 0 Å². The van der Waals surface area contributed by atoms with Crippen molar-refractivity contribution >= 4 is 44.9 Å². The summed E-state index contributed by atoms with van der Waals surface area (Å²) in [6, 6.07) is 8.15. The first-order valence-electron chi connectivity index (χ1n) is 14.5. The maximum Gasteiger partial charge on any atom is 0.315 e. The van der Waals surface area contributed by atoms with Gasteiger partial charge in [-0.15, -0.1) is 0 Å². The second-order valence-corrected chi connectivity index (χ2v) is 13.9. The lowest BCUT2D eigenvalue weighted by Crippen LogP contribution is -2.67. The number of aldehydes is 1. The van der Waals surface area contributed by atoms with Crippen LogP contribution in [0.3, 0.4) is 0 Å². The van der Waals surface area contributed by atoms with Crippen molar-refractivity contribution in [2.24, 2.45) is 5.41 Å². The van der Waals surface area contributed by atoms with Gasteiger partial charge in [0, 0.05) is 55.8 Å². The molecule has 0 aromatic carbocycles. The highest BCUT2D eigenvalue weighted by Crippen LogP contribution is 2.38. The van der Waals surface area contributed by atoms with E-state index in [0.29, 0.717) is 53.8 Å². The van der Waals surface area contributed by atoms with E-state index < -0.39 is 32.7 Å². The summed E-state index contributed by atoms with van der Waals surface area (Å²) in [5.41, 5.74) is 1.19. The number of hydrogen-bond acceptors (Lipinski definition) is 11. The predicted octanol–water partition coefficient (Wildman–Crippen LogP) is 2.23. The van der Waals surface area contributed by atoms with E-state index in [0.717, 1.165) is 17.9 Å². The minimum atomic E-state index is -3.54. The minimum absolute atomic E-state index is 0.00434. The van der Waals surface area contributed by atoms with E-state index in [2.05, 4.69) is 30.9 Å². The van der Waals surface area contributed by atoms with Crippen molar-refractivity contribution in [3.05, 3.63) is 65.9 Å². The van der Waals surface area contributed by atoms with Gasteiger partial charge in [0.25, 0.3) is 5.91 Å². The van der Waals surface area contributed by atoms with E-state index in [1.54, 1.807) is 31.5 Å². The van der Waals surface area contributed by atoms with Crippen molar-refractivity contribution in [1.29, 1.82) is 0 Å². The van der Waals surface area contributed by atoms with Crippen LogP contribution in [0.2, 0.25) is 0 Å². The number of carbonyl (C=O) groups excluding carboxylic acids is 3. The second-order valence-electron chi connectivity index (χ2n) is 11.9. The Morgan fingerprint density at radius 1 is 1.04 bits per heavy atom. The normalized spacial score (nSPS) is 17.7. The molecule has 0 saturated carbocycles. The molecule has 1 atom stereocenters. The molecule has 3 amide bonds. The molecule has 0 spiro atoms. The van der Waals surface area contributed by atoms with E-state index in [4.69, 9.17) is 9.97 Å². The average Bonchev–Trinajstić information content (AvgIpc) is 3.03. The highest BCUT2D eigenvalue weighted by molar-refractivity contribution is 7.90. The molecule has 15 heteroatoms. The summed E-state index contributed by atoms with van der Waals surface area (Å²) < 4.78 is 24.1. The molecule has 0 unspecified atom stereocenters. The zero-order chi connectivity index (χ0) is 33.3. The monoisotopic (exact) mass is 645 g/mol. The zero-order valence-electron chi connectivity index (χ0n) is 26.2. The lowest BCUT2D eigenvalue weighted by Gasteiger charge is -2.50. The van der Waals surface area contributed by atoms with E-state index in [-0.39, 0.29) is 17.0 Å². The minimum Gasteiger partial charge on any atom is -0.346 e. The quantitative estimate of drug-likeness (QED) is 0.238. The van der Waals surface area contributed by atoms with E-state index in [1.165, 1.54) is 19.3 Å². The van der Waals surface area contributed by atoms with Crippen LogP contribution in [0.5, 0.6) is 0 Å². The Labute approximate surface area is 266 Å². The third-order valence-electron chi connectivity index (χ3n) is 8.29. The van der Waals surface area contributed by atoms with Crippen molar-refractivity contribution in [3.8, 4) is 11.4 Å². The van der Waals surface area contributed by atoms with E-state index in [1.807, 2.05) is 30.9 Å². The van der Waals surface area contributed by atoms with Gasteiger partial charge in [-0.3, -0.25) is 14.8 Å². The van der Waals surface area contributed by atoms with Crippen LogP contribution in [0.15, 0.2) is 53.8 Å². The van der Waals surface area contributed by atoms with Crippen LogP contribution in [0.25, 0.3) is 22.3 Å². The van der Waals surface area contributed by atoms with Gasteiger partial charge >= 0.3 is 6.03 Å². The molecule has 0 radical (unpaired) electrons. The van der Waals surface area contributed by atoms with Crippen molar-refractivity contribution in [2.45, 2.75) is 44.2 Å². The number of aryl methyl sites for hydroxylation is 1. The van der Waals surface area contributed by atoms with Gasteiger partial charge in [-0.2, -0.15) is 0 Å². The van der Waals surface area contributed by atoms with E-state index in [9.17, 15) is 22.8 Å². The molecular formula is C31H35N9O5S. The zero-order valence-corrected chi connectivity index (χ0v) is 27.0. The summed E-state index contributed by atoms with van der Waals surface area (Å²) >= 11 is 0. The Kier molecular flexibility index (Phi) is 8.71. The number of fused-ring (bicyclic) bond motifs is 1. The summed E-state index contributed by atoms with van der Waals surface area (Å²) in [6.45, 7) is 6.40. The van der Waals surface area contributed by atoms with Crippen molar-refractivity contribution < 1.29 is 22.8 Å². The Bertz CT molecular complexity index is 1950. The van der Waals surface area contributed by atoms with Crippen LogP contribution in [-0.4, -0.2) is 83.5 Å². The summed E-state index contributed by atoms with van der Waals surface area (Å²) in [5.74, 6) is -0.000114. The van der Waals surface area contributed by atoms with Crippen LogP contribution in [0, 0.1) is 12.3 Å². The second kappa shape index (κ2) is 12.4. The van der Waals surface area contributed by atoms with Gasteiger partial charge in [-0.1, -0.05) is 13.8 Å². The van der Waals surface area contributed by atoms with Gasteiger partial charge < -0.3 is 25.6 Å². The molecule has 3 N–H and O–H groups in total. The Morgan fingerprint density at radius 3 is 2.50 bits per heavy atom. The topological polar surface area (TPSA) is 189 Å². The summed E-state index contributed by atoms with van der Waals surface area (Å²) in [7, 11) is -2.03. The van der Waals surface area contributed by atoms with Crippen LogP contribution < -0.4 is 20.9 Å². The lowest BCUT2D eigenvalue weighted by atomic mass is 9.68. The molecule has 4 aromatic heterocycles. The molecule has 5 rings (SSSR count). The molecule has 1 saturated heterocycles. The number of aromatic nitrogens is 5. The fourth-order valence-electron chi connectivity index (χ4n) is 5.49. The summed E-state index contributed by atoms with van der Waals surface area (Å²) in [6.07, 6.45) is 6.92. The maximum absolute atomic E-state index is 12.8. The summed E-state index contributed by atoms with van der Waals surface area (Å²) in [5, 5.41) is 8.91. The number of amides is 3. The highest BCUT2D eigenvalue weighted by atomic mass is 32.2. The number of urea groups is 1. The van der Waals surface area contributed by atoms with Gasteiger partial charge in [-0.05, 0) is 43.7 Å². The van der Waals surface area contributed by atoms with Gasteiger partial charge in [0.15, 0.2) is 9.84 Å². The van der Waals surface area contributed by atoms with E-state index >= 15 is 0 Å². The van der Waals surface area contributed by atoms with Crippen molar-refractivity contribution in [2.75, 3.05) is 31.3 Å². The van der Waals surface area contributed by atoms with Crippen molar-refractivity contribution in [1.82, 2.24) is 40.9 Å². The van der Waals surface area contributed by atoms with Crippen LogP contribution in [0.1, 0.15) is 42.0 Å². The Balaban J connectivity index is 1.33. The number of hydrogen-bond donors (Lipinski definition) is 3. The molecule has 4 aromatic rings. The van der Waals surface area contributed by atoms with Crippen LogP contribution >= 0.6 is 0 Å². The van der Waals surface area contributed by atoms with Crippen LogP contribution in [0.4, 0.5) is 10.7 Å². The molecule has 46 heavy (non-hydrogen) atoms. The number of nitrogens with one attached hydrogen (secondary N) is 3. The highest BCUT2D eigenvalue weighted by Gasteiger charge is 2.50. The third kappa shape index (κ3) is 6.49. The molecule has 0 aliphatic carbocycles. The maximum atomic E-state index is 12.8. The molecule has 240 valence electrons. The first kappa shape index (κ1) is 32.3. The Morgan fingerprint density at radius 2 is 1.80 bits per heavy atom. The molecule has 5 heterocycles. The fraction of sp³-hybridized carbons (Fsp3) is 0.355.